The average molecular weight is 325 g/mol. The third-order valence-corrected chi connectivity index (χ3v) is 4.19. The first kappa shape index (κ1) is 14.7. The van der Waals surface area contributed by atoms with Crippen LogP contribution in [0.15, 0.2) is 47.4 Å². The predicted octanol–water partition coefficient (Wildman–Crippen LogP) is 3.05. The Morgan fingerprint density at radius 1 is 1.17 bits per heavy atom. The van der Waals surface area contributed by atoms with Gasteiger partial charge in [0.25, 0.3) is 0 Å². The van der Waals surface area contributed by atoms with Gasteiger partial charge >= 0.3 is 0 Å². The van der Waals surface area contributed by atoms with Crippen molar-refractivity contribution in [3.8, 4) is 11.4 Å². The van der Waals surface area contributed by atoms with Gasteiger partial charge in [-0.1, -0.05) is 5.16 Å². The topological polar surface area (TPSA) is 67.9 Å². The molecule has 7 heteroatoms. The smallest absolute Gasteiger partial charge is 0.231 e. The molecule has 2 aromatic heterocycles. The molecule has 0 spiro atoms. The Morgan fingerprint density at radius 3 is 2.83 bits per heavy atom. The Hall–Kier alpha value is -2.83. The summed E-state index contributed by atoms with van der Waals surface area (Å²) in [7, 11) is 0. The highest BCUT2D eigenvalue weighted by Gasteiger charge is 2.27. The minimum Gasteiger partial charge on any atom is -0.355 e. The van der Waals surface area contributed by atoms with Crippen molar-refractivity contribution in [2.75, 3.05) is 18.0 Å². The van der Waals surface area contributed by atoms with Gasteiger partial charge in [-0.3, -0.25) is 4.98 Å². The second-order valence-corrected chi connectivity index (χ2v) is 5.81. The van der Waals surface area contributed by atoms with Crippen LogP contribution in [0.4, 0.5) is 10.2 Å². The Labute approximate surface area is 138 Å². The molecular weight excluding hydrogens is 309 g/mol. The Balaban J connectivity index is 1.52. The molecule has 4 rings (SSSR count). The summed E-state index contributed by atoms with van der Waals surface area (Å²) in [6.07, 6.45) is 7.13. The second kappa shape index (κ2) is 6.35. The van der Waals surface area contributed by atoms with Crippen molar-refractivity contribution < 1.29 is 8.91 Å². The van der Waals surface area contributed by atoms with Gasteiger partial charge in [0, 0.05) is 31.0 Å². The first-order chi connectivity index (χ1) is 11.8. The normalized spacial score (nSPS) is 17.9. The lowest BCUT2D eigenvalue weighted by molar-refractivity contribution is 0.333. The summed E-state index contributed by atoms with van der Waals surface area (Å²) in [4.78, 5) is 15.2. The molecule has 1 aromatic carbocycles. The van der Waals surface area contributed by atoms with Crippen molar-refractivity contribution in [1.82, 2.24) is 20.1 Å². The van der Waals surface area contributed by atoms with Gasteiger partial charge in [-0.25, -0.2) is 9.37 Å². The van der Waals surface area contributed by atoms with Crippen LogP contribution in [0, 0.1) is 5.82 Å². The van der Waals surface area contributed by atoms with Gasteiger partial charge in [0.05, 0.1) is 12.1 Å². The minimum atomic E-state index is -0.283. The summed E-state index contributed by atoms with van der Waals surface area (Å²) in [5.74, 6) is 1.84. The Bertz CT molecular complexity index is 805. The molecule has 24 heavy (non-hydrogen) atoms. The fourth-order valence-corrected chi connectivity index (χ4v) is 2.96. The number of hydrogen-bond donors (Lipinski definition) is 0. The summed E-state index contributed by atoms with van der Waals surface area (Å²) < 4.78 is 18.5. The van der Waals surface area contributed by atoms with Crippen molar-refractivity contribution in [2.45, 2.75) is 18.8 Å². The third kappa shape index (κ3) is 2.97. The van der Waals surface area contributed by atoms with E-state index in [1.54, 1.807) is 30.7 Å². The van der Waals surface area contributed by atoms with Crippen LogP contribution < -0.4 is 4.90 Å². The second-order valence-electron chi connectivity index (χ2n) is 5.81. The van der Waals surface area contributed by atoms with Crippen LogP contribution in [0.3, 0.4) is 0 Å². The van der Waals surface area contributed by atoms with Crippen LogP contribution in [-0.2, 0) is 0 Å². The lowest BCUT2D eigenvalue weighted by atomic mass is 9.98. The van der Waals surface area contributed by atoms with Crippen molar-refractivity contribution in [1.29, 1.82) is 0 Å². The van der Waals surface area contributed by atoms with E-state index >= 15 is 0 Å². The van der Waals surface area contributed by atoms with Crippen LogP contribution in [0.25, 0.3) is 11.4 Å². The molecule has 0 amide bonds. The lowest BCUT2D eigenvalue weighted by Crippen LogP contribution is -2.35. The van der Waals surface area contributed by atoms with Crippen LogP contribution in [0.5, 0.6) is 0 Å². The molecule has 0 radical (unpaired) electrons. The zero-order valence-corrected chi connectivity index (χ0v) is 13.0. The molecule has 1 aliphatic rings. The quantitative estimate of drug-likeness (QED) is 0.737. The molecule has 0 aliphatic carbocycles. The molecule has 1 atom stereocenters. The van der Waals surface area contributed by atoms with E-state index in [-0.39, 0.29) is 11.7 Å². The van der Waals surface area contributed by atoms with Crippen LogP contribution in [-0.4, -0.2) is 33.2 Å². The van der Waals surface area contributed by atoms with Gasteiger partial charge in [0.1, 0.15) is 11.6 Å². The van der Waals surface area contributed by atoms with E-state index in [1.807, 2.05) is 0 Å². The predicted molar refractivity (Wildman–Crippen MR) is 85.9 cm³/mol. The number of benzene rings is 1. The van der Waals surface area contributed by atoms with Crippen LogP contribution >= 0.6 is 0 Å². The van der Waals surface area contributed by atoms with Gasteiger partial charge < -0.3 is 9.42 Å². The maximum Gasteiger partial charge on any atom is 0.231 e. The number of aromatic nitrogens is 4. The molecule has 3 heterocycles. The van der Waals surface area contributed by atoms with E-state index in [0.717, 1.165) is 37.3 Å². The highest BCUT2D eigenvalue weighted by molar-refractivity contribution is 5.53. The molecule has 0 bridgehead atoms. The fraction of sp³-hybridized carbons (Fsp3) is 0.294. The monoisotopic (exact) mass is 325 g/mol. The molecular formula is C17H16FN5O. The van der Waals surface area contributed by atoms with Crippen LogP contribution in [0.2, 0.25) is 0 Å². The lowest BCUT2D eigenvalue weighted by Gasteiger charge is -2.31. The molecule has 0 N–H and O–H groups in total. The number of anilines is 1. The maximum atomic E-state index is 13.0. The van der Waals surface area contributed by atoms with E-state index in [2.05, 4.69) is 25.0 Å². The molecule has 6 nitrogen and oxygen atoms in total. The van der Waals surface area contributed by atoms with E-state index in [1.165, 1.54) is 12.1 Å². The fourth-order valence-electron chi connectivity index (χ4n) is 2.96. The zero-order chi connectivity index (χ0) is 16.4. The summed E-state index contributed by atoms with van der Waals surface area (Å²) in [5.41, 5.74) is 0.744. The SMILES string of the molecule is Fc1ccc(-c2noc(C3CCCN(c4cnccn4)C3)n2)cc1. The molecule has 1 fully saturated rings. The minimum absolute atomic E-state index is 0.155. The van der Waals surface area contributed by atoms with E-state index in [4.69, 9.17) is 4.52 Å². The highest BCUT2D eigenvalue weighted by Crippen LogP contribution is 2.29. The van der Waals surface area contributed by atoms with E-state index in [9.17, 15) is 4.39 Å². The van der Waals surface area contributed by atoms with Gasteiger partial charge in [-0.15, -0.1) is 0 Å². The molecule has 0 saturated carbocycles. The van der Waals surface area contributed by atoms with Gasteiger partial charge in [-0.2, -0.15) is 4.98 Å². The molecule has 1 saturated heterocycles. The van der Waals surface area contributed by atoms with Crippen molar-refractivity contribution in [3.63, 3.8) is 0 Å². The summed E-state index contributed by atoms with van der Waals surface area (Å²) >= 11 is 0. The van der Waals surface area contributed by atoms with Gasteiger partial charge in [0.15, 0.2) is 0 Å². The van der Waals surface area contributed by atoms with Gasteiger partial charge in [0.2, 0.25) is 11.7 Å². The summed E-state index contributed by atoms with van der Waals surface area (Å²) in [6.45, 7) is 1.71. The zero-order valence-electron chi connectivity index (χ0n) is 13.0. The number of halogens is 1. The third-order valence-electron chi connectivity index (χ3n) is 4.19. The molecule has 122 valence electrons. The summed E-state index contributed by atoms with van der Waals surface area (Å²) in [6, 6.07) is 6.08. The first-order valence-corrected chi connectivity index (χ1v) is 7.90. The van der Waals surface area contributed by atoms with Crippen molar-refractivity contribution in [2.24, 2.45) is 0 Å². The number of rotatable bonds is 3. The number of piperidine rings is 1. The first-order valence-electron chi connectivity index (χ1n) is 7.90. The largest absolute Gasteiger partial charge is 0.355 e. The molecule has 1 aliphatic heterocycles. The number of hydrogen-bond acceptors (Lipinski definition) is 6. The van der Waals surface area contributed by atoms with Crippen LogP contribution in [0.1, 0.15) is 24.7 Å². The highest BCUT2D eigenvalue weighted by atomic mass is 19.1. The molecule has 3 aromatic rings. The molecule has 1 unspecified atom stereocenters. The van der Waals surface area contributed by atoms with E-state index in [0.29, 0.717) is 11.7 Å². The van der Waals surface area contributed by atoms with Gasteiger partial charge in [-0.05, 0) is 37.1 Å². The maximum absolute atomic E-state index is 13.0. The Morgan fingerprint density at radius 2 is 2.04 bits per heavy atom. The summed E-state index contributed by atoms with van der Waals surface area (Å²) in [5, 5.41) is 4.03. The van der Waals surface area contributed by atoms with Crippen molar-refractivity contribution in [3.05, 3.63) is 54.6 Å². The number of nitrogens with zero attached hydrogens (tertiary/aromatic N) is 5. The standard InChI is InChI=1S/C17H16FN5O/c18-14-5-3-12(4-6-14)16-21-17(24-22-16)13-2-1-9-23(11-13)15-10-19-7-8-20-15/h3-8,10,13H,1-2,9,11H2. The Kier molecular flexibility index (Phi) is 3.90. The average Bonchev–Trinajstić information content (AvgIpc) is 3.13. The van der Waals surface area contributed by atoms with Crippen molar-refractivity contribution >= 4 is 5.82 Å². The van der Waals surface area contributed by atoms with E-state index < -0.39 is 0 Å².